The van der Waals surface area contributed by atoms with Gasteiger partial charge in [-0.3, -0.25) is 9.59 Å². The highest BCUT2D eigenvalue weighted by atomic mass is 16.6. The van der Waals surface area contributed by atoms with Crippen LogP contribution in [0.3, 0.4) is 0 Å². The summed E-state index contributed by atoms with van der Waals surface area (Å²) in [5.41, 5.74) is 5.33. The molecule has 0 aromatic carbocycles. The summed E-state index contributed by atoms with van der Waals surface area (Å²) in [5, 5.41) is 0. The zero-order valence-electron chi connectivity index (χ0n) is 7.47. The fraction of sp³-hybridized carbons (Fsp3) is 0.375. The Hall–Kier alpha value is -1.69. The molecular formula is C8H11NO5. The van der Waals surface area contributed by atoms with E-state index in [0.717, 1.165) is 6.26 Å². The minimum atomic E-state index is -0.924. The van der Waals surface area contributed by atoms with E-state index >= 15 is 0 Å². The van der Waals surface area contributed by atoms with Crippen molar-refractivity contribution in [2.75, 3.05) is 0 Å². The van der Waals surface area contributed by atoms with Crippen molar-refractivity contribution in [2.24, 2.45) is 5.73 Å². The van der Waals surface area contributed by atoms with Crippen LogP contribution in [0.25, 0.3) is 0 Å². The topological polar surface area (TPSA) is 95.7 Å². The van der Waals surface area contributed by atoms with Crippen LogP contribution in [0.2, 0.25) is 0 Å². The highest BCUT2D eigenvalue weighted by molar-refractivity contribution is 5.79. The first-order chi connectivity index (χ1) is 6.61. The smallest absolute Gasteiger partial charge is 0.327 e. The van der Waals surface area contributed by atoms with E-state index in [0.29, 0.717) is 0 Å². The number of esters is 2. The van der Waals surface area contributed by atoms with Crippen LogP contribution in [0.15, 0.2) is 12.8 Å². The molecule has 0 aromatic rings. The summed E-state index contributed by atoms with van der Waals surface area (Å²) >= 11 is 0. The monoisotopic (exact) mass is 201 g/mol. The van der Waals surface area contributed by atoms with Crippen molar-refractivity contribution >= 4 is 18.4 Å². The Morgan fingerprint density at radius 2 is 2.07 bits per heavy atom. The molecule has 0 fully saturated rings. The van der Waals surface area contributed by atoms with Crippen LogP contribution in [0, 0.1) is 0 Å². The molecule has 0 heterocycles. The van der Waals surface area contributed by atoms with Gasteiger partial charge in [-0.25, -0.2) is 4.79 Å². The van der Waals surface area contributed by atoms with Crippen LogP contribution in [0.4, 0.5) is 0 Å². The van der Waals surface area contributed by atoms with Crippen molar-refractivity contribution in [2.45, 2.75) is 18.9 Å². The molecule has 0 aromatic heterocycles. The van der Waals surface area contributed by atoms with Crippen LogP contribution in [0.5, 0.6) is 0 Å². The first-order valence-electron chi connectivity index (χ1n) is 3.82. The quantitative estimate of drug-likeness (QED) is 0.269. The number of carbonyl (C=O) groups excluding carboxylic acids is 3. The van der Waals surface area contributed by atoms with Gasteiger partial charge >= 0.3 is 18.4 Å². The van der Waals surface area contributed by atoms with Crippen molar-refractivity contribution < 1.29 is 23.9 Å². The summed E-state index contributed by atoms with van der Waals surface area (Å²) in [6.07, 6.45) is 0.886. The largest absolute Gasteiger partial charge is 0.434 e. The van der Waals surface area contributed by atoms with Crippen molar-refractivity contribution in [3.05, 3.63) is 12.8 Å². The summed E-state index contributed by atoms with van der Waals surface area (Å²) < 4.78 is 8.36. The lowest BCUT2D eigenvalue weighted by atomic mass is 10.2. The van der Waals surface area contributed by atoms with Gasteiger partial charge in [0, 0.05) is 6.42 Å². The van der Waals surface area contributed by atoms with E-state index in [4.69, 9.17) is 5.73 Å². The number of hydrogen-bond acceptors (Lipinski definition) is 6. The molecule has 0 rings (SSSR count). The van der Waals surface area contributed by atoms with Gasteiger partial charge in [0.25, 0.3) is 0 Å². The Labute approximate surface area is 80.7 Å². The highest BCUT2D eigenvalue weighted by Crippen LogP contribution is 1.98. The van der Waals surface area contributed by atoms with E-state index in [9.17, 15) is 14.4 Å². The number of hydrogen-bond donors (Lipinski definition) is 1. The van der Waals surface area contributed by atoms with E-state index < -0.39 is 18.0 Å². The maximum Gasteiger partial charge on any atom is 0.327 e. The van der Waals surface area contributed by atoms with Gasteiger partial charge in [-0.2, -0.15) is 0 Å². The number of nitrogens with two attached hydrogens (primary N) is 1. The van der Waals surface area contributed by atoms with Gasteiger partial charge in [0.05, 0.1) is 6.26 Å². The number of carbonyl (C=O) groups is 3. The lowest BCUT2D eigenvalue weighted by Gasteiger charge is -2.06. The average molecular weight is 201 g/mol. The van der Waals surface area contributed by atoms with Crippen molar-refractivity contribution in [1.29, 1.82) is 0 Å². The van der Waals surface area contributed by atoms with Gasteiger partial charge < -0.3 is 15.2 Å². The van der Waals surface area contributed by atoms with E-state index in [1.807, 2.05) is 0 Å². The highest BCUT2D eigenvalue weighted by Gasteiger charge is 2.16. The summed E-state index contributed by atoms with van der Waals surface area (Å²) in [4.78, 5) is 31.2. The second-order valence-corrected chi connectivity index (χ2v) is 2.33. The van der Waals surface area contributed by atoms with E-state index in [1.165, 1.54) is 0 Å². The zero-order valence-corrected chi connectivity index (χ0v) is 7.47. The Morgan fingerprint density at radius 1 is 1.43 bits per heavy atom. The molecule has 0 unspecified atom stereocenters. The van der Waals surface area contributed by atoms with Gasteiger partial charge in [-0.1, -0.05) is 6.58 Å². The third-order valence-corrected chi connectivity index (χ3v) is 1.34. The minimum Gasteiger partial charge on any atom is -0.434 e. The predicted octanol–water partition coefficient (Wildman–Crippen LogP) is -0.520. The molecule has 0 bridgehead atoms. The molecule has 78 valence electrons. The third-order valence-electron chi connectivity index (χ3n) is 1.34. The van der Waals surface area contributed by atoms with Crippen LogP contribution in [0.1, 0.15) is 12.8 Å². The SMILES string of the molecule is C=COC(=O)[C@@H](N)CCC(=O)OC=O. The molecule has 0 saturated carbocycles. The van der Waals surface area contributed by atoms with Crippen molar-refractivity contribution in [3.8, 4) is 0 Å². The van der Waals surface area contributed by atoms with Crippen LogP contribution in [-0.2, 0) is 23.9 Å². The molecule has 0 aliphatic heterocycles. The first-order valence-corrected chi connectivity index (χ1v) is 3.82. The molecule has 0 aliphatic carbocycles. The van der Waals surface area contributed by atoms with Gasteiger partial charge in [0.15, 0.2) is 0 Å². The van der Waals surface area contributed by atoms with Gasteiger partial charge in [-0.05, 0) is 6.42 Å². The molecule has 0 saturated heterocycles. The molecule has 1 atom stereocenters. The molecule has 6 heteroatoms. The standard InChI is InChI=1S/C8H11NO5/c1-2-13-8(12)6(9)3-4-7(11)14-5-10/h2,5-6H,1,3-4,9H2/t6-/m0/s1. The number of ether oxygens (including phenoxy) is 2. The second-order valence-electron chi connectivity index (χ2n) is 2.33. The lowest BCUT2D eigenvalue weighted by Crippen LogP contribution is -2.31. The normalized spacial score (nSPS) is 11.2. The van der Waals surface area contributed by atoms with Crippen LogP contribution < -0.4 is 5.73 Å². The summed E-state index contributed by atoms with van der Waals surface area (Å²) in [5.74, 6) is -1.42. The Morgan fingerprint density at radius 3 is 2.57 bits per heavy atom. The van der Waals surface area contributed by atoms with Gasteiger partial charge in [0.1, 0.15) is 6.04 Å². The summed E-state index contributed by atoms with van der Waals surface area (Å²) in [7, 11) is 0. The van der Waals surface area contributed by atoms with E-state index in [1.54, 1.807) is 0 Å². The minimum absolute atomic E-state index is 0.0237. The second kappa shape index (κ2) is 6.79. The molecule has 0 radical (unpaired) electrons. The molecule has 0 aliphatic rings. The number of rotatable bonds is 6. The third kappa shape index (κ3) is 5.04. The van der Waals surface area contributed by atoms with Gasteiger partial charge in [0.2, 0.25) is 0 Å². The Bertz CT molecular complexity index is 238. The fourth-order valence-electron chi connectivity index (χ4n) is 0.673. The molecular weight excluding hydrogens is 190 g/mol. The van der Waals surface area contributed by atoms with Gasteiger partial charge in [-0.15, -0.1) is 0 Å². The Balaban J connectivity index is 3.77. The fourth-order valence-corrected chi connectivity index (χ4v) is 0.673. The van der Waals surface area contributed by atoms with Crippen molar-refractivity contribution in [1.82, 2.24) is 0 Å². The predicted molar refractivity (Wildman–Crippen MR) is 45.7 cm³/mol. The van der Waals surface area contributed by atoms with E-state index in [2.05, 4.69) is 16.1 Å². The zero-order chi connectivity index (χ0) is 11.0. The first kappa shape index (κ1) is 12.3. The maximum absolute atomic E-state index is 10.9. The molecule has 6 nitrogen and oxygen atoms in total. The lowest BCUT2D eigenvalue weighted by molar-refractivity contribution is -0.151. The average Bonchev–Trinajstić information content (AvgIpc) is 2.15. The van der Waals surface area contributed by atoms with Crippen molar-refractivity contribution in [3.63, 3.8) is 0 Å². The Kier molecular flexibility index (Phi) is 5.97. The molecule has 0 spiro atoms. The van der Waals surface area contributed by atoms with Crippen LogP contribution >= 0.6 is 0 Å². The molecule has 14 heavy (non-hydrogen) atoms. The summed E-state index contributed by atoms with van der Waals surface area (Å²) in [6, 6.07) is -0.924. The maximum atomic E-state index is 10.9. The molecule has 0 amide bonds. The summed E-state index contributed by atoms with van der Waals surface area (Å²) in [6.45, 7) is 3.19. The van der Waals surface area contributed by atoms with E-state index in [-0.39, 0.29) is 19.3 Å². The van der Waals surface area contributed by atoms with Crippen LogP contribution in [-0.4, -0.2) is 24.5 Å². The molecule has 2 N–H and O–H groups in total.